The standard InChI is InChI=1S/2Co.3Mo.12O/q2*+3;;;;;;;;;;6*-1. The molecule has 12 nitrogen and oxygen atoms in total. The summed E-state index contributed by atoms with van der Waals surface area (Å²) in [7, 11) is 0. The Kier molecular flexibility index (Phi) is 23.2. The normalized spacial score (nSPS) is 10.2. The molecule has 108 valence electrons. The van der Waals surface area contributed by atoms with Gasteiger partial charge in [-0.1, -0.05) is 0 Å². The molecule has 17 heteroatoms. The third-order valence-electron chi connectivity index (χ3n) is 0. The Balaban J connectivity index is -0.0000000400. The van der Waals surface area contributed by atoms with Crippen molar-refractivity contribution in [3.8, 4) is 0 Å². The van der Waals surface area contributed by atoms with Crippen molar-refractivity contribution in [3.63, 3.8) is 0 Å². The Morgan fingerprint density at radius 1 is 0.412 bits per heavy atom. The van der Waals surface area contributed by atoms with Crippen molar-refractivity contribution in [2.45, 2.75) is 0 Å². The van der Waals surface area contributed by atoms with E-state index in [0.29, 0.717) is 0 Å². The third-order valence-corrected chi connectivity index (χ3v) is 0. The van der Waals surface area contributed by atoms with Crippen molar-refractivity contribution >= 4 is 0 Å². The van der Waals surface area contributed by atoms with Crippen LogP contribution in [0.25, 0.3) is 0 Å². The van der Waals surface area contributed by atoms with E-state index in [-0.39, 0.29) is 33.6 Å². The molecule has 0 atom stereocenters. The fourth-order valence-corrected chi connectivity index (χ4v) is 0. The molecule has 17 heavy (non-hydrogen) atoms. The van der Waals surface area contributed by atoms with E-state index in [4.69, 9.17) is 42.9 Å². The van der Waals surface area contributed by atoms with Crippen LogP contribution >= 0.6 is 0 Å². The van der Waals surface area contributed by atoms with Crippen LogP contribution in [0.5, 0.6) is 0 Å². The molecule has 0 aliphatic carbocycles. The molecule has 0 bridgehead atoms. The molecule has 0 aliphatic rings. The van der Waals surface area contributed by atoms with Crippen LogP contribution in [0.4, 0.5) is 0 Å². The Hall–Kier alpha value is 1.64. The van der Waals surface area contributed by atoms with E-state index in [9.17, 15) is 0 Å². The molecule has 0 aromatic heterocycles. The Labute approximate surface area is 125 Å². The summed E-state index contributed by atoms with van der Waals surface area (Å²) in [5, 5.41) is 0. The summed E-state index contributed by atoms with van der Waals surface area (Å²) in [4.78, 5) is 0. The Bertz CT molecular complexity index is 341. The van der Waals surface area contributed by atoms with Crippen LogP contribution in [0.3, 0.4) is 0 Å². The molecule has 0 aromatic rings. The number of hydrogen-bond acceptors (Lipinski definition) is 12. The first-order chi connectivity index (χ1) is 6.00. The summed E-state index contributed by atoms with van der Waals surface area (Å²) in [6.07, 6.45) is 0. The zero-order valence-corrected chi connectivity index (χ0v) is 14.9. The van der Waals surface area contributed by atoms with E-state index in [1.54, 1.807) is 0 Å². The second kappa shape index (κ2) is 12.7. The van der Waals surface area contributed by atoms with Gasteiger partial charge in [-0.05, 0) is 0 Å². The molecule has 0 fully saturated rings. The first-order valence-corrected chi connectivity index (χ1v) is 11.8. The molecule has 0 heterocycles. The van der Waals surface area contributed by atoms with Gasteiger partial charge in [0, 0.05) is 0 Å². The molecule has 0 saturated heterocycles. The van der Waals surface area contributed by atoms with Crippen molar-refractivity contribution in [2.75, 3.05) is 0 Å². The van der Waals surface area contributed by atoms with Crippen molar-refractivity contribution in [3.05, 3.63) is 0 Å². The van der Waals surface area contributed by atoms with Gasteiger partial charge in [-0.25, -0.2) is 0 Å². The fourth-order valence-electron chi connectivity index (χ4n) is 0. The minimum atomic E-state index is -6.02. The summed E-state index contributed by atoms with van der Waals surface area (Å²) in [5.41, 5.74) is 0. The Morgan fingerprint density at radius 2 is 0.412 bits per heavy atom. The van der Waals surface area contributed by atoms with Gasteiger partial charge in [0.2, 0.25) is 0 Å². The quantitative estimate of drug-likeness (QED) is 0.236. The first kappa shape index (κ1) is 31.2. The van der Waals surface area contributed by atoms with Gasteiger partial charge >= 0.3 is 127 Å². The summed E-state index contributed by atoms with van der Waals surface area (Å²) >= 11 is -18.1. The predicted octanol–water partition coefficient (Wildman–Crippen LogP) is -7.86. The maximum absolute atomic E-state index is 8.63. The van der Waals surface area contributed by atoms with Crippen LogP contribution in [0, 0.1) is 0 Å². The summed E-state index contributed by atoms with van der Waals surface area (Å²) in [6.45, 7) is 0. The van der Waals surface area contributed by atoms with Gasteiger partial charge in [0.15, 0.2) is 0 Å². The number of rotatable bonds is 0. The molecule has 0 unspecified atom stereocenters. The first-order valence-electron chi connectivity index (χ1n) is 2.00. The summed E-state index contributed by atoms with van der Waals surface area (Å²) in [5.74, 6) is 0. The van der Waals surface area contributed by atoms with E-state index in [1.807, 2.05) is 0 Å². The average Bonchev–Trinajstić information content (AvgIpc) is 1.41. The van der Waals surface area contributed by atoms with Gasteiger partial charge in [0.1, 0.15) is 0 Å². The molecule has 0 rings (SSSR count). The second-order valence-corrected chi connectivity index (χ2v) is 7.25. The van der Waals surface area contributed by atoms with Gasteiger partial charge in [-0.15, -0.1) is 0 Å². The summed E-state index contributed by atoms with van der Waals surface area (Å²) < 4.78 is 104. The fraction of sp³-hybridized carbons (Fsp3) is 0. The maximum atomic E-state index is 8.63. The van der Waals surface area contributed by atoms with E-state index < -0.39 is 50.2 Å². The predicted molar refractivity (Wildman–Crippen MR) is 4.12 cm³/mol. The molecule has 0 aromatic carbocycles. The summed E-state index contributed by atoms with van der Waals surface area (Å²) in [6, 6.07) is 0. The number of hydrogen-bond donors (Lipinski definition) is 0. The van der Waals surface area contributed by atoms with Gasteiger partial charge in [0.05, 0.1) is 0 Å². The van der Waals surface area contributed by atoms with Crippen LogP contribution in [0.2, 0.25) is 0 Å². The Morgan fingerprint density at radius 3 is 0.412 bits per heavy atom. The van der Waals surface area contributed by atoms with Crippen LogP contribution in [-0.4, -0.2) is 0 Å². The van der Waals surface area contributed by atoms with Gasteiger partial charge < -0.3 is 0 Å². The van der Waals surface area contributed by atoms with Crippen molar-refractivity contribution in [1.82, 2.24) is 0 Å². The molecule has 0 radical (unpaired) electrons. The van der Waals surface area contributed by atoms with E-state index in [2.05, 4.69) is 0 Å². The zero-order valence-electron chi connectivity index (χ0n) is 6.79. The average molecular weight is 598 g/mol. The van der Waals surface area contributed by atoms with Crippen LogP contribution in [0.1, 0.15) is 0 Å². The molecular formula is Co2Mo3O12. The molecular weight excluding hydrogens is 598 g/mol. The van der Waals surface area contributed by atoms with E-state index in [1.165, 1.54) is 0 Å². The monoisotopic (exact) mass is 604 g/mol. The van der Waals surface area contributed by atoms with Crippen LogP contribution < -0.4 is 22.6 Å². The third kappa shape index (κ3) is 1610. The molecule has 0 aliphatic heterocycles. The molecule has 0 spiro atoms. The van der Waals surface area contributed by atoms with Gasteiger partial charge in [0.25, 0.3) is 0 Å². The van der Waals surface area contributed by atoms with Crippen LogP contribution in [-0.2, 0) is 104 Å². The van der Waals surface area contributed by atoms with Gasteiger partial charge in [-0.3, -0.25) is 0 Å². The van der Waals surface area contributed by atoms with Crippen molar-refractivity contribution in [2.24, 2.45) is 0 Å². The van der Waals surface area contributed by atoms with Crippen molar-refractivity contribution < 1.29 is 127 Å². The minimum absolute atomic E-state index is 0. The molecule has 0 saturated carbocycles. The second-order valence-electron chi connectivity index (χ2n) is 1.22. The molecule has 0 N–H and O–H groups in total. The van der Waals surface area contributed by atoms with Crippen molar-refractivity contribution in [1.29, 1.82) is 0 Å². The molecule has 0 amide bonds. The zero-order chi connectivity index (χ0) is 13.5. The van der Waals surface area contributed by atoms with E-state index >= 15 is 0 Å². The SMILES string of the molecule is [Co+3].[Co+3].[O]=[Mo](=[O])([O-])[O-].[O]=[Mo](=[O])([O-])[O-].[O]=[Mo](=[O])([O-])[O-]. The van der Waals surface area contributed by atoms with Gasteiger partial charge in [-0.2, -0.15) is 0 Å². The topological polar surface area (TPSA) is 241 Å². The van der Waals surface area contributed by atoms with E-state index in [0.717, 1.165) is 0 Å². The van der Waals surface area contributed by atoms with Crippen LogP contribution in [0.15, 0.2) is 0 Å².